The zero-order valence-electron chi connectivity index (χ0n) is 15.2. The molecule has 0 radical (unpaired) electrons. The Kier molecular flexibility index (Phi) is 6.96. The molecular formula is C19H24N4O3. The van der Waals surface area contributed by atoms with Crippen molar-refractivity contribution in [3.63, 3.8) is 0 Å². The van der Waals surface area contributed by atoms with Crippen LogP contribution in [0, 0.1) is 12.8 Å². The quantitative estimate of drug-likeness (QED) is 0.731. The first-order valence-corrected chi connectivity index (χ1v) is 8.43. The van der Waals surface area contributed by atoms with Crippen LogP contribution in [0.15, 0.2) is 42.5 Å². The largest absolute Gasteiger partial charge is 0.449 e. The first-order chi connectivity index (χ1) is 12.4. The summed E-state index contributed by atoms with van der Waals surface area (Å²) in [5.41, 5.74) is 2.77. The van der Waals surface area contributed by atoms with E-state index in [1.807, 2.05) is 39.0 Å². The van der Waals surface area contributed by atoms with E-state index in [1.54, 1.807) is 24.3 Å². The molecule has 3 N–H and O–H groups in total. The number of benzene rings is 1. The summed E-state index contributed by atoms with van der Waals surface area (Å²) >= 11 is 0. The number of carbonyl (C=O) groups excluding carboxylic acids is 2. The lowest BCUT2D eigenvalue weighted by Gasteiger charge is -2.11. The van der Waals surface area contributed by atoms with Crippen molar-refractivity contribution < 1.29 is 14.3 Å². The third-order valence-corrected chi connectivity index (χ3v) is 3.29. The minimum atomic E-state index is -0.522. The maximum atomic E-state index is 12.0. The number of nitrogens with zero attached hydrogens (tertiary/aromatic N) is 1. The van der Waals surface area contributed by atoms with Gasteiger partial charge in [0.05, 0.1) is 18.8 Å². The minimum Gasteiger partial charge on any atom is -0.449 e. The number of hydrogen-bond donors (Lipinski definition) is 3. The van der Waals surface area contributed by atoms with Gasteiger partial charge < -0.3 is 15.4 Å². The molecule has 2 rings (SSSR count). The van der Waals surface area contributed by atoms with Crippen LogP contribution in [0.3, 0.4) is 0 Å². The summed E-state index contributed by atoms with van der Waals surface area (Å²) < 4.78 is 5.07. The summed E-state index contributed by atoms with van der Waals surface area (Å²) in [6.07, 6.45) is -0.522. The maximum absolute atomic E-state index is 12.0. The van der Waals surface area contributed by atoms with Gasteiger partial charge in [0.15, 0.2) is 0 Å². The molecule has 0 spiro atoms. The molecule has 7 heteroatoms. The van der Waals surface area contributed by atoms with Crippen LogP contribution in [-0.4, -0.2) is 23.7 Å². The highest BCUT2D eigenvalue weighted by Crippen LogP contribution is 2.15. The molecule has 0 saturated heterocycles. The molecule has 7 nitrogen and oxygen atoms in total. The molecule has 0 aliphatic heterocycles. The molecule has 0 atom stereocenters. The van der Waals surface area contributed by atoms with Crippen molar-refractivity contribution >= 4 is 23.5 Å². The highest BCUT2D eigenvalue weighted by molar-refractivity contribution is 5.91. The van der Waals surface area contributed by atoms with Gasteiger partial charge in [0.2, 0.25) is 0 Å². The molecule has 3 amide bonds. The van der Waals surface area contributed by atoms with Crippen LogP contribution < -0.4 is 16.0 Å². The highest BCUT2D eigenvalue weighted by atomic mass is 16.5. The summed E-state index contributed by atoms with van der Waals surface area (Å²) in [6.45, 7) is 6.49. The van der Waals surface area contributed by atoms with E-state index in [1.165, 1.54) is 0 Å². The van der Waals surface area contributed by atoms with Crippen molar-refractivity contribution in [1.82, 2.24) is 10.3 Å². The average Bonchev–Trinajstić information content (AvgIpc) is 2.58. The van der Waals surface area contributed by atoms with Gasteiger partial charge in [-0.15, -0.1) is 0 Å². The number of pyridine rings is 1. The van der Waals surface area contributed by atoms with E-state index in [2.05, 4.69) is 20.9 Å². The molecule has 2 aromatic rings. The van der Waals surface area contributed by atoms with E-state index >= 15 is 0 Å². The fourth-order valence-corrected chi connectivity index (χ4v) is 2.12. The van der Waals surface area contributed by atoms with Gasteiger partial charge in [-0.05, 0) is 43.2 Å². The van der Waals surface area contributed by atoms with Gasteiger partial charge in [-0.3, -0.25) is 10.3 Å². The molecule has 0 saturated carbocycles. The molecule has 0 unspecified atom stereocenters. The predicted molar refractivity (Wildman–Crippen MR) is 101 cm³/mol. The Morgan fingerprint density at radius 2 is 1.77 bits per heavy atom. The monoisotopic (exact) mass is 356 g/mol. The molecule has 0 aliphatic rings. The smallest absolute Gasteiger partial charge is 0.411 e. The molecule has 1 heterocycles. The Morgan fingerprint density at radius 3 is 2.46 bits per heavy atom. The van der Waals surface area contributed by atoms with Crippen LogP contribution in [0.4, 0.5) is 21.0 Å². The van der Waals surface area contributed by atoms with Crippen LogP contribution in [0.5, 0.6) is 0 Å². The Morgan fingerprint density at radius 1 is 1.08 bits per heavy atom. The molecular weight excluding hydrogens is 332 g/mol. The van der Waals surface area contributed by atoms with Crippen molar-refractivity contribution in [3.8, 4) is 0 Å². The number of urea groups is 1. The normalized spacial score (nSPS) is 10.3. The fourth-order valence-electron chi connectivity index (χ4n) is 2.12. The summed E-state index contributed by atoms with van der Waals surface area (Å²) in [4.78, 5) is 28.0. The van der Waals surface area contributed by atoms with E-state index in [0.717, 1.165) is 11.4 Å². The van der Waals surface area contributed by atoms with Crippen molar-refractivity contribution in [2.75, 3.05) is 17.2 Å². The molecule has 0 bridgehead atoms. The summed E-state index contributed by atoms with van der Waals surface area (Å²) in [6, 6.07) is 12.1. The number of carbonyl (C=O) groups is 2. The summed E-state index contributed by atoms with van der Waals surface area (Å²) in [5.74, 6) is 0.264. The number of ether oxygens (including phenoxy) is 1. The molecule has 0 fully saturated rings. The van der Waals surface area contributed by atoms with Crippen molar-refractivity contribution in [1.29, 1.82) is 0 Å². The van der Waals surface area contributed by atoms with E-state index in [0.29, 0.717) is 24.5 Å². The number of hydrogen-bond acceptors (Lipinski definition) is 4. The Bertz CT molecular complexity index is 762. The van der Waals surface area contributed by atoms with E-state index in [4.69, 9.17) is 4.74 Å². The Hall–Kier alpha value is -3.09. The van der Waals surface area contributed by atoms with Gasteiger partial charge >= 0.3 is 12.1 Å². The molecule has 1 aromatic heterocycles. The lowest BCUT2D eigenvalue weighted by Crippen LogP contribution is -2.28. The van der Waals surface area contributed by atoms with Crippen LogP contribution in [0.2, 0.25) is 0 Å². The second kappa shape index (κ2) is 9.41. The second-order valence-corrected chi connectivity index (χ2v) is 6.28. The first kappa shape index (κ1) is 19.2. The maximum Gasteiger partial charge on any atom is 0.411 e. The van der Waals surface area contributed by atoms with E-state index in [9.17, 15) is 9.59 Å². The number of rotatable bonds is 6. The molecule has 138 valence electrons. The van der Waals surface area contributed by atoms with Gasteiger partial charge in [-0.25, -0.2) is 9.59 Å². The van der Waals surface area contributed by atoms with Crippen molar-refractivity contribution in [2.24, 2.45) is 5.92 Å². The summed E-state index contributed by atoms with van der Waals surface area (Å²) in [7, 11) is 0. The van der Waals surface area contributed by atoms with E-state index < -0.39 is 6.09 Å². The number of amides is 3. The van der Waals surface area contributed by atoms with Crippen LogP contribution >= 0.6 is 0 Å². The van der Waals surface area contributed by atoms with Gasteiger partial charge in [-0.2, -0.15) is 0 Å². The first-order valence-electron chi connectivity index (χ1n) is 8.43. The second-order valence-electron chi connectivity index (χ2n) is 6.28. The predicted octanol–water partition coefficient (Wildman–Crippen LogP) is 3.92. The lowest BCUT2D eigenvalue weighted by atomic mass is 10.2. The SMILES string of the molecule is Cc1cccc(CNC(=O)Nc2cccc(NC(=O)OCC(C)C)c2)n1. The Balaban J connectivity index is 1.85. The average molecular weight is 356 g/mol. The van der Waals surface area contributed by atoms with Gasteiger partial charge in [0.1, 0.15) is 0 Å². The fraction of sp³-hybridized carbons (Fsp3) is 0.316. The van der Waals surface area contributed by atoms with Crippen LogP contribution in [-0.2, 0) is 11.3 Å². The highest BCUT2D eigenvalue weighted by Gasteiger charge is 2.07. The summed E-state index contributed by atoms with van der Waals surface area (Å²) in [5, 5.41) is 8.10. The molecule has 1 aromatic carbocycles. The third-order valence-electron chi connectivity index (χ3n) is 3.29. The van der Waals surface area contributed by atoms with Crippen molar-refractivity contribution in [2.45, 2.75) is 27.3 Å². The van der Waals surface area contributed by atoms with Gasteiger partial charge in [0, 0.05) is 17.1 Å². The molecule has 0 aliphatic carbocycles. The van der Waals surface area contributed by atoms with E-state index in [-0.39, 0.29) is 11.9 Å². The lowest BCUT2D eigenvalue weighted by molar-refractivity contribution is 0.147. The van der Waals surface area contributed by atoms with Crippen LogP contribution in [0.1, 0.15) is 25.2 Å². The van der Waals surface area contributed by atoms with Gasteiger partial charge in [-0.1, -0.05) is 26.0 Å². The molecule has 26 heavy (non-hydrogen) atoms. The Labute approximate surface area is 153 Å². The zero-order chi connectivity index (χ0) is 18.9. The third kappa shape index (κ3) is 6.80. The topological polar surface area (TPSA) is 92.4 Å². The van der Waals surface area contributed by atoms with Crippen molar-refractivity contribution in [3.05, 3.63) is 53.9 Å². The zero-order valence-corrected chi connectivity index (χ0v) is 15.2. The number of aryl methyl sites for hydroxylation is 1. The van der Waals surface area contributed by atoms with Crippen LogP contribution in [0.25, 0.3) is 0 Å². The number of anilines is 2. The number of nitrogens with one attached hydrogen (secondary N) is 3. The number of aromatic nitrogens is 1. The standard InChI is InChI=1S/C19H24N4O3/c1-13(2)12-26-19(25)23-16-8-5-7-15(10-16)22-18(24)20-11-17-9-4-6-14(3)21-17/h4-10,13H,11-12H2,1-3H3,(H,23,25)(H2,20,22,24). The minimum absolute atomic E-state index is 0.264. The van der Waals surface area contributed by atoms with Gasteiger partial charge in [0.25, 0.3) is 0 Å².